The first-order chi connectivity index (χ1) is 12.1. The molecule has 0 aliphatic heterocycles. The Balaban J connectivity index is 1.54. The summed E-state index contributed by atoms with van der Waals surface area (Å²) in [6.07, 6.45) is 5.11. The molecule has 3 rings (SSSR count). The van der Waals surface area contributed by atoms with Gasteiger partial charge in [-0.1, -0.05) is 12.1 Å². The summed E-state index contributed by atoms with van der Waals surface area (Å²) in [6, 6.07) is 14.2. The maximum Gasteiger partial charge on any atom is 0.336 e. The van der Waals surface area contributed by atoms with E-state index in [-0.39, 0.29) is 5.91 Å². The normalized spacial score (nSPS) is 13.5. The van der Waals surface area contributed by atoms with E-state index in [2.05, 4.69) is 5.32 Å². The number of benzene rings is 2. The van der Waals surface area contributed by atoms with Gasteiger partial charge in [-0.15, -0.1) is 0 Å². The van der Waals surface area contributed by atoms with Crippen molar-refractivity contribution in [2.45, 2.75) is 18.9 Å². The summed E-state index contributed by atoms with van der Waals surface area (Å²) in [5, 5.41) is 2.94. The van der Waals surface area contributed by atoms with Crippen LogP contribution in [0.3, 0.4) is 0 Å². The predicted molar refractivity (Wildman–Crippen MR) is 94.6 cm³/mol. The van der Waals surface area contributed by atoms with E-state index in [0.717, 1.165) is 18.4 Å². The first kappa shape index (κ1) is 16.8. The third-order valence-corrected chi connectivity index (χ3v) is 3.78. The Morgan fingerprint density at radius 3 is 2.24 bits per heavy atom. The van der Waals surface area contributed by atoms with Crippen molar-refractivity contribution in [1.82, 2.24) is 5.32 Å². The molecule has 128 valence electrons. The van der Waals surface area contributed by atoms with Crippen LogP contribution in [0.2, 0.25) is 0 Å². The minimum Gasteiger partial charge on any atom is -0.497 e. The van der Waals surface area contributed by atoms with Crippen LogP contribution < -0.4 is 14.8 Å². The summed E-state index contributed by atoms with van der Waals surface area (Å²) >= 11 is 0. The van der Waals surface area contributed by atoms with Crippen LogP contribution in [-0.2, 0) is 4.79 Å². The molecule has 1 amide bonds. The molecule has 5 nitrogen and oxygen atoms in total. The van der Waals surface area contributed by atoms with Crippen molar-refractivity contribution in [3.05, 3.63) is 65.7 Å². The molecule has 0 spiro atoms. The summed E-state index contributed by atoms with van der Waals surface area (Å²) in [4.78, 5) is 23.7. The molecule has 0 saturated heterocycles. The van der Waals surface area contributed by atoms with Crippen LogP contribution in [0.1, 0.15) is 28.8 Å². The van der Waals surface area contributed by atoms with Crippen LogP contribution in [0.5, 0.6) is 11.5 Å². The number of hydrogen-bond acceptors (Lipinski definition) is 4. The van der Waals surface area contributed by atoms with Gasteiger partial charge in [-0.2, -0.15) is 0 Å². The van der Waals surface area contributed by atoms with Gasteiger partial charge in [0.25, 0.3) is 5.91 Å². The lowest BCUT2D eigenvalue weighted by atomic mass is 10.1. The van der Waals surface area contributed by atoms with E-state index < -0.39 is 5.97 Å². The van der Waals surface area contributed by atoms with Gasteiger partial charge in [0.05, 0.1) is 7.11 Å². The Bertz CT molecular complexity index is 774. The second-order valence-corrected chi connectivity index (χ2v) is 5.80. The van der Waals surface area contributed by atoms with Gasteiger partial charge in [0.1, 0.15) is 11.5 Å². The van der Waals surface area contributed by atoms with Crippen LogP contribution >= 0.6 is 0 Å². The Kier molecular flexibility index (Phi) is 5.14. The Hall–Kier alpha value is -3.08. The zero-order chi connectivity index (χ0) is 17.6. The SMILES string of the molecule is COc1ccc(OC(=O)C=Cc2ccc(C(=O)NC3CC3)cc2)cc1. The highest BCUT2D eigenvalue weighted by Gasteiger charge is 2.23. The second kappa shape index (κ2) is 7.66. The number of amides is 1. The van der Waals surface area contributed by atoms with Gasteiger partial charge in [0.15, 0.2) is 0 Å². The third-order valence-electron chi connectivity index (χ3n) is 3.78. The Morgan fingerprint density at radius 1 is 1.00 bits per heavy atom. The molecule has 5 heteroatoms. The number of carbonyl (C=O) groups is 2. The number of carbonyl (C=O) groups excluding carboxylic acids is 2. The van der Waals surface area contributed by atoms with Crippen molar-refractivity contribution < 1.29 is 19.1 Å². The lowest BCUT2D eigenvalue weighted by Gasteiger charge is -2.04. The van der Waals surface area contributed by atoms with Crippen molar-refractivity contribution in [3.63, 3.8) is 0 Å². The Labute approximate surface area is 146 Å². The van der Waals surface area contributed by atoms with Crippen molar-refractivity contribution in [3.8, 4) is 11.5 Å². The minimum absolute atomic E-state index is 0.0584. The first-order valence-electron chi connectivity index (χ1n) is 8.09. The zero-order valence-electron chi connectivity index (χ0n) is 13.9. The monoisotopic (exact) mass is 337 g/mol. The van der Waals surface area contributed by atoms with Gasteiger partial charge in [0.2, 0.25) is 0 Å². The van der Waals surface area contributed by atoms with Crippen LogP contribution in [-0.4, -0.2) is 25.0 Å². The molecule has 0 radical (unpaired) electrons. The quantitative estimate of drug-likeness (QED) is 0.499. The number of ether oxygens (including phenoxy) is 2. The maximum atomic E-state index is 11.9. The third kappa shape index (κ3) is 4.94. The Morgan fingerprint density at radius 2 is 1.64 bits per heavy atom. The molecule has 2 aromatic carbocycles. The van der Waals surface area contributed by atoms with Gasteiger partial charge in [-0.05, 0) is 60.9 Å². The summed E-state index contributed by atoms with van der Waals surface area (Å²) in [7, 11) is 1.57. The summed E-state index contributed by atoms with van der Waals surface area (Å²) in [5.41, 5.74) is 1.43. The molecular formula is C20H19NO4. The molecule has 0 aromatic heterocycles. The minimum atomic E-state index is -0.472. The van der Waals surface area contributed by atoms with E-state index >= 15 is 0 Å². The van der Waals surface area contributed by atoms with Crippen molar-refractivity contribution in [2.24, 2.45) is 0 Å². The molecule has 0 unspecified atom stereocenters. The van der Waals surface area contributed by atoms with Gasteiger partial charge < -0.3 is 14.8 Å². The van der Waals surface area contributed by atoms with E-state index in [1.165, 1.54) is 6.08 Å². The highest BCUT2D eigenvalue weighted by molar-refractivity contribution is 5.95. The van der Waals surface area contributed by atoms with Crippen LogP contribution in [0.15, 0.2) is 54.6 Å². The van der Waals surface area contributed by atoms with Crippen LogP contribution in [0.25, 0.3) is 6.08 Å². The molecule has 1 fully saturated rings. The molecule has 0 bridgehead atoms. The summed E-state index contributed by atoms with van der Waals surface area (Å²) < 4.78 is 10.3. The van der Waals surface area contributed by atoms with Crippen LogP contribution in [0.4, 0.5) is 0 Å². The molecule has 25 heavy (non-hydrogen) atoms. The van der Waals surface area contributed by atoms with E-state index in [4.69, 9.17) is 9.47 Å². The molecule has 2 aromatic rings. The first-order valence-corrected chi connectivity index (χ1v) is 8.09. The van der Waals surface area contributed by atoms with E-state index in [0.29, 0.717) is 23.1 Å². The van der Waals surface area contributed by atoms with E-state index in [1.54, 1.807) is 61.7 Å². The predicted octanol–water partition coefficient (Wildman–Crippen LogP) is 3.21. The fourth-order valence-corrected chi connectivity index (χ4v) is 2.20. The fraction of sp³-hybridized carbons (Fsp3) is 0.200. The largest absolute Gasteiger partial charge is 0.497 e. The second-order valence-electron chi connectivity index (χ2n) is 5.80. The van der Waals surface area contributed by atoms with Gasteiger partial charge >= 0.3 is 5.97 Å². The maximum absolute atomic E-state index is 11.9. The summed E-state index contributed by atoms with van der Waals surface area (Å²) in [5.74, 6) is 0.612. The molecule has 1 saturated carbocycles. The topological polar surface area (TPSA) is 64.6 Å². The molecule has 0 heterocycles. The van der Waals surface area contributed by atoms with Crippen molar-refractivity contribution in [2.75, 3.05) is 7.11 Å². The lowest BCUT2D eigenvalue weighted by Crippen LogP contribution is -2.25. The van der Waals surface area contributed by atoms with Gasteiger partial charge in [-0.3, -0.25) is 4.79 Å². The molecule has 1 aliphatic carbocycles. The highest BCUT2D eigenvalue weighted by Crippen LogP contribution is 2.19. The molecule has 1 N–H and O–H groups in total. The molecule has 1 aliphatic rings. The molecule has 0 atom stereocenters. The standard InChI is InChI=1S/C20H19NO4/c1-24-17-9-11-18(12-10-17)25-19(22)13-4-14-2-5-15(6-3-14)20(23)21-16-7-8-16/h2-6,9-13,16H,7-8H2,1H3,(H,21,23). The molecular weight excluding hydrogens is 318 g/mol. The van der Waals surface area contributed by atoms with Crippen LogP contribution in [0, 0.1) is 0 Å². The van der Waals surface area contributed by atoms with Crippen molar-refractivity contribution in [1.29, 1.82) is 0 Å². The number of rotatable bonds is 6. The van der Waals surface area contributed by atoms with Gasteiger partial charge in [-0.25, -0.2) is 4.79 Å². The highest BCUT2D eigenvalue weighted by atomic mass is 16.5. The lowest BCUT2D eigenvalue weighted by molar-refractivity contribution is -0.128. The smallest absolute Gasteiger partial charge is 0.336 e. The van der Waals surface area contributed by atoms with E-state index in [9.17, 15) is 9.59 Å². The average Bonchev–Trinajstić information content (AvgIpc) is 3.45. The van der Waals surface area contributed by atoms with Gasteiger partial charge in [0, 0.05) is 17.7 Å². The number of esters is 1. The van der Waals surface area contributed by atoms with Crippen molar-refractivity contribution >= 4 is 18.0 Å². The number of methoxy groups -OCH3 is 1. The average molecular weight is 337 g/mol. The van der Waals surface area contributed by atoms with E-state index in [1.807, 2.05) is 0 Å². The fourth-order valence-electron chi connectivity index (χ4n) is 2.20. The summed E-state index contributed by atoms with van der Waals surface area (Å²) in [6.45, 7) is 0. The number of nitrogens with one attached hydrogen (secondary N) is 1. The number of hydrogen-bond donors (Lipinski definition) is 1. The zero-order valence-corrected chi connectivity index (χ0v) is 13.9.